The molecule has 0 atom stereocenters. The van der Waals surface area contributed by atoms with Gasteiger partial charge in [-0.1, -0.05) is 63.2 Å². The van der Waals surface area contributed by atoms with E-state index >= 15 is 0 Å². The highest BCUT2D eigenvalue weighted by atomic mass is 15.3. The van der Waals surface area contributed by atoms with E-state index < -0.39 is 0 Å². The molecule has 0 radical (unpaired) electrons. The number of benzene rings is 2. The van der Waals surface area contributed by atoms with E-state index in [0.29, 0.717) is 0 Å². The van der Waals surface area contributed by atoms with Gasteiger partial charge in [-0.15, -0.1) is 0 Å². The lowest BCUT2D eigenvalue weighted by Crippen LogP contribution is -2.45. The summed E-state index contributed by atoms with van der Waals surface area (Å²) < 4.78 is 0. The van der Waals surface area contributed by atoms with Gasteiger partial charge in [0.05, 0.1) is 5.52 Å². The number of pyridine rings is 1. The summed E-state index contributed by atoms with van der Waals surface area (Å²) in [6.45, 7) is 13.3. The molecule has 1 aliphatic heterocycles. The van der Waals surface area contributed by atoms with E-state index in [1.54, 1.807) is 0 Å². The van der Waals surface area contributed by atoms with E-state index in [2.05, 4.69) is 84.1 Å². The van der Waals surface area contributed by atoms with Gasteiger partial charge in [0.1, 0.15) is 0 Å². The van der Waals surface area contributed by atoms with Gasteiger partial charge < -0.3 is 0 Å². The first-order chi connectivity index (χ1) is 13.5. The lowest BCUT2D eigenvalue weighted by molar-refractivity contribution is 0.122. The molecule has 0 unspecified atom stereocenters. The summed E-state index contributed by atoms with van der Waals surface area (Å²) in [6, 6.07) is 19.8. The number of aromatic nitrogens is 1. The van der Waals surface area contributed by atoms with Gasteiger partial charge in [0.25, 0.3) is 0 Å². The SMILES string of the molecule is CC(C)(C)c1ccc(CN2CCN(Cc3cnc4ccccc4c3)CC2)cc1. The van der Waals surface area contributed by atoms with Gasteiger partial charge >= 0.3 is 0 Å². The van der Waals surface area contributed by atoms with Crippen molar-refractivity contribution >= 4 is 10.9 Å². The highest BCUT2D eigenvalue weighted by Gasteiger charge is 2.18. The molecule has 0 bridgehead atoms. The highest BCUT2D eigenvalue weighted by molar-refractivity contribution is 5.78. The predicted molar refractivity (Wildman–Crippen MR) is 117 cm³/mol. The third-order valence-electron chi connectivity index (χ3n) is 5.74. The van der Waals surface area contributed by atoms with Crippen LogP contribution in [0.4, 0.5) is 0 Å². The molecule has 1 aromatic heterocycles. The van der Waals surface area contributed by atoms with Crippen molar-refractivity contribution in [3.05, 3.63) is 77.5 Å². The van der Waals surface area contributed by atoms with Crippen LogP contribution in [0, 0.1) is 0 Å². The van der Waals surface area contributed by atoms with Crippen molar-refractivity contribution in [2.45, 2.75) is 39.3 Å². The number of para-hydroxylation sites is 1. The fourth-order valence-corrected chi connectivity index (χ4v) is 3.94. The molecular formula is C25H31N3. The van der Waals surface area contributed by atoms with Crippen LogP contribution in [0.25, 0.3) is 10.9 Å². The van der Waals surface area contributed by atoms with E-state index in [4.69, 9.17) is 0 Å². The van der Waals surface area contributed by atoms with Crippen molar-refractivity contribution in [2.75, 3.05) is 26.2 Å². The van der Waals surface area contributed by atoms with Crippen molar-refractivity contribution in [3.8, 4) is 0 Å². The fraction of sp³-hybridized carbons (Fsp3) is 0.400. The number of fused-ring (bicyclic) bond motifs is 1. The van der Waals surface area contributed by atoms with E-state index in [1.165, 1.54) is 22.1 Å². The van der Waals surface area contributed by atoms with Crippen LogP contribution in [0.2, 0.25) is 0 Å². The Bertz CT molecular complexity index is 916. The Morgan fingerprint density at radius 3 is 2.04 bits per heavy atom. The first-order valence-electron chi connectivity index (χ1n) is 10.4. The van der Waals surface area contributed by atoms with Crippen LogP contribution in [0.3, 0.4) is 0 Å². The zero-order valence-electron chi connectivity index (χ0n) is 17.4. The van der Waals surface area contributed by atoms with Gasteiger partial charge in [-0.2, -0.15) is 0 Å². The molecule has 3 aromatic rings. The summed E-state index contributed by atoms with van der Waals surface area (Å²) in [5.41, 5.74) is 5.44. The van der Waals surface area contributed by atoms with Gasteiger partial charge in [0, 0.05) is 50.9 Å². The number of rotatable bonds is 4. The monoisotopic (exact) mass is 373 g/mol. The molecule has 0 amide bonds. The van der Waals surface area contributed by atoms with E-state index in [9.17, 15) is 0 Å². The zero-order valence-corrected chi connectivity index (χ0v) is 17.4. The van der Waals surface area contributed by atoms with Gasteiger partial charge in [-0.25, -0.2) is 0 Å². The molecule has 0 saturated carbocycles. The Labute approximate surface area is 169 Å². The maximum Gasteiger partial charge on any atom is 0.0702 e. The zero-order chi connectivity index (χ0) is 19.6. The number of hydrogen-bond donors (Lipinski definition) is 0. The summed E-state index contributed by atoms with van der Waals surface area (Å²) in [6.07, 6.45) is 2.03. The molecular weight excluding hydrogens is 342 g/mol. The maximum absolute atomic E-state index is 4.60. The van der Waals surface area contributed by atoms with Gasteiger partial charge in [-0.05, 0) is 34.2 Å². The predicted octanol–water partition coefficient (Wildman–Crippen LogP) is 4.85. The second-order valence-corrected chi connectivity index (χ2v) is 9.04. The molecule has 146 valence electrons. The minimum absolute atomic E-state index is 0.224. The number of hydrogen-bond acceptors (Lipinski definition) is 3. The molecule has 0 spiro atoms. The van der Waals surface area contributed by atoms with Crippen molar-refractivity contribution in [1.82, 2.24) is 14.8 Å². The summed E-state index contributed by atoms with van der Waals surface area (Å²) in [7, 11) is 0. The minimum Gasteiger partial charge on any atom is -0.297 e. The van der Waals surface area contributed by atoms with Crippen LogP contribution < -0.4 is 0 Å². The van der Waals surface area contributed by atoms with E-state index in [0.717, 1.165) is 44.8 Å². The van der Waals surface area contributed by atoms with Crippen LogP contribution in [-0.2, 0) is 18.5 Å². The second-order valence-electron chi connectivity index (χ2n) is 9.04. The van der Waals surface area contributed by atoms with Crippen molar-refractivity contribution < 1.29 is 0 Å². The molecule has 3 nitrogen and oxygen atoms in total. The van der Waals surface area contributed by atoms with Crippen molar-refractivity contribution in [3.63, 3.8) is 0 Å². The first kappa shape index (κ1) is 19.1. The highest BCUT2D eigenvalue weighted by Crippen LogP contribution is 2.23. The molecule has 3 heteroatoms. The summed E-state index contributed by atoms with van der Waals surface area (Å²) in [5.74, 6) is 0. The Morgan fingerprint density at radius 1 is 0.786 bits per heavy atom. The lowest BCUT2D eigenvalue weighted by Gasteiger charge is -2.34. The largest absolute Gasteiger partial charge is 0.297 e. The van der Waals surface area contributed by atoms with Crippen LogP contribution in [0.5, 0.6) is 0 Å². The quantitative estimate of drug-likeness (QED) is 0.652. The van der Waals surface area contributed by atoms with Gasteiger partial charge in [0.15, 0.2) is 0 Å². The van der Waals surface area contributed by atoms with Crippen molar-refractivity contribution in [1.29, 1.82) is 0 Å². The molecule has 1 saturated heterocycles. The smallest absolute Gasteiger partial charge is 0.0702 e. The number of piperazine rings is 1. The summed E-state index contributed by atoms with van der Waals surface area (Å²) in [5, 5.41) is 1.23. The summed E-state index contributed by atoms with van der Waals surface area (Å²) >= 11 is 0. The molecule has 2 heterocycles. The van der Waals surface area contributed by atoms with Crippen LogP contribution in [0.15, 0.2) is 60.8 Å². The average Bonchev–Trinajstić information content (AvgIpc) is 2.69. The molecule has 0 aliphatic carbocycles. The van der Waals surface area contributed by atoms with Crippen LogP contribution in [-0.4, -0.2) is 41.0 Å². The average molecular weight is 374 g/mol. The Hall–Kier alpha value is -2.23. The van der Waals surface area contributed by atoms with E-state index in [1.807, 2.05) is 12.3 Å². The first-order valence-corrected chi connectivity index (χ1v) is 10.4. The van der Waals surface area contributed by atoms with Crippen LogP contribution in [0.1, 0.15) is 37.5 Å². The standard InChI is InChI=1S/C25H31N3/c1-25(2,3)23-10-8-20(9-11-23)18-27-12-14-28(15-13-27)19-21-16-22-6-4-5-7-24(22)26-17-21/h4-11,16-17H,12-15,18-19H2,1-3H3. The number of nitrogens with zero attached hydrogens (tertiary/aromatic N) is 3. The Morgan fingerprint density at radius 2 is 1.39 bits per heavy atom. The molecule has 4 rings (SSSR count). The summed E-state index contributed by atoms with van der Waals surface area (Å²) in [4.78, 5) is 9.72. The molecule has 1 fully saturated rings. The maximum atomic E-state index is 4.60. The Kier molecular flexibility index (Phi) is 5.47. The van der Waals surface area contributed by atoms with Gasteiger partial charge in [-0.3, -0.25) is 14.8 Å². The Balaban J connectivity index is 1.30. The van der Waals surface area contributed by atoms with Crippen molar-refractivity contribution in [2.24, 2.45) is 0 Å². The third kappa shape index (κ3) is 4.60. The molecule has 2 aromatic carbocycles. The topological polar surface area (TPSA) is 19.4 Å². The second kappa shape index (κ2) is 8.02. The normalized spacial score (nSPS) is 16.5. The fourth-order valence-electron chi connectivity index (χ4n) is 3.94. The van der Waals surface area contributed by atoms with Gasteiger partial charge in [0.2, 0.25) is 0 Å². The van der Waals surface area contributed by atoms with E-state index in [-0.39, 0.29) is 5.41 Å². The third-order valence-corrected chi connectivity index (χ3v) is 5.74. The minimum atomic E-state index is 0.224. The molecule has 28 heavy (non-hydrogen) atoms. The molecule has 1 aliphatic rings. The van der Waals surface area contributed by atoms with Crippen LogP contribution >= 0.6 is 0 Å². The lowest BCUT2D eigenvalue weighted by atomic mass is 9.87. The molecule has 0 N–H and O–H groups in total.